The monoisotopic (exact) mass is 365 g/mol. The van der Waals surface area contributed by atoms with Gasteiger partial charge in [-0.05, 0) is 49.6 Å². The van der Waals surface area contributed by atoms with Crippen LogP contribution in [0.5, 0.6) is 0 Å². The lowest BCUT2D eigenvalue weighted by atomic mass is 10.1. The van der Waals surface area contributed by atoms with Crippen molar-refractivity contribution in [3.8, 4) is 0 Å². The number of aryl methyl sites for hydroxylation is 2. The Bertz CT molecular complexity index is 863. The molecule has 6 heteroatoms. The molecule has 0 amide bonds. The summed E-state index contributed by atoms with van der Waals surface area (Å²) in [5, 5.41) is 0.457. The van der Waals surface area contributed by atoms with Crippen molar-refractivity contribution in [1.29, 1.82) is 0 Å². The summed E-state index contributed by atoms with van der Waals surface area (Å²) in [6.45, 7) is 5.30. The predicted octanol–water partition coefficient (Wildman–Crippen LogP) is 3.91. The lowest BCUT2D eigenvalue weighted by Gasteiger charge is -2.25. The Morgan fingerprint density at radius 1 is 1.17 bits per heavy atom. The summed E-state index contributed by atoms with van der Waals surface area (Å²) < 4.78 is 27.5. The van der Waals surface area contributed by atoms with E-state index in [-0.39, 0.29) is 11.4 Å². The number of carbonyl (C=O) groups excluding carboxylic acids is 1. The van der Waals surface area contributed by atoms with Gasteiger partial charge < -0.3 is 4.79 Å². The van der Waals surface area contributed by atoms with E-state index in [1.165, 1.54) is 0 Å². The highest BCUT2D eigenvalue weighted by atomic mass is 35.5. The summed E-state index contributed by atoms with van der Waals surface area (Å²) in [5.41, 5.74) is 2.75. The molecule has 0 atom stereocenters. The predicted molar refractivity (Wildman–Crippen MR) is 97.3 cm³/mol. The molecule has 2 aromatic rings. The first-order valence-electron chi connectivity index (χ1n) is 7.64. The number of aldehydes is 1. The summed E-state index contributed by atoms with van der Waals surface area (Å²) in [5.74, 6) is 0. The highest BCUT2D eigenvalue weighted by molar-refractivity contribution is 7.93. The largest absolute Gasteiger partial charge is 0.301 e. The Morgan fingerprint density at radius 2 is 1.88 bits per heavy atom. The van der Waals surface area contributed by atoms with Crippen molar-refractivity contribution in [3.63, 3.8) is 0 Å². The van der Waals surface area contributed by atoms with Crippen LogP contribution in [0.1, 0.15) is 23.6 Å². The maximum Gasteiger partial charge on any atom is 0.264 e. The van der Waals surface area contributed by atoms with Crippen molar-refractivity contribution < 1.29 is 13.2 Å². The molecule has 0 unspecified atom stereocenters. The molecule has 4 nitrogen and oxygen atoms in total. The molecule has 0 saturated carbocycles. The Hall–Kier alpha value is -1.85. The zero-order valence-corrected chi connectivity index (χ0v) is 15.5. The minimum Gasteiger partial charge on any atom is -0.301 e. The normalized spacial score (nSPS) is 11.3. The number of anilines is 1. The average Bonchev–Trinajstić information content (AvgIpc) is 2.55. The lowest BCUT2D eigenvalue weighted by molar-refractivity contribution is -0.106. The van der Waals surface area contributed by atoms with E-state index in [9.17, 15) is 13.2 Å². The average molecular weight is 366 g/mol. The van der Waals surface area contributed by atoms with Crippen LogP contribution in [0, 0.1) is 13.8 Å². The molecule has 0 aliphatic heterocycles. The molecule has 2 aromatic carbocycles. The van der Waals surface area contributed by atoms with Crippen molar-refractivity contribution in [1.82, 2.24) is 0 Å². The first kappa shape index (κ1) is 18.5. The number of rotatable bonds is 6. The van der Waals surface area contributed by atoms with Crippen molar-refractivity contribution in [2.75, 3.05) is 10.8 Å². The van der Waals surface area contributed by atoms with Gasteiger partial charge in [0.05, 0.1) is 17.1 Å². The van der Waals surface area contributed by atoms with Gasteiger partial charge in [-0.15, -0.1) is 0 Å². The van der Waals surface area contributed by atoms with Crippen LogP contribution in [-0.2, 0) is 21.2 Å². The Morgan fingerprint density at radius 3 is 2.50 bits per heavy atom. The zero-order chi connectivity index (χ0) is 17.9. The first-order valence-corrected chi connectivity index (χ1v) is 9.45. The standard InChI is InChI=1S/C18H20ClNO3S/c1-4-15-12-13(2)8-9-18(15)24(22,23)20(10-11-21)17-7-5-6-16(19)14(17)3/h5-9,11-12H,4,10H2,1-3H3. The van der Waals surface area contributed by atoms with Crippen LogP contribution in [-0.4, -0.2) is 21.2 Å². The van der Waals surface area contributed by atoms with Gasteiger partial charge in [0.2, 0.25) is 0 Å². The van der Waals surface area contributed by atoms with Crippen LogP contribution in [0.2, 0.25) is 5.02 Å². The second-order valence-corrected chi connectivity index (χ2v) is 7.79. The minimum absolute atomic E-state index is 0.219. The van der Waals surface area contributed by atoms with Crippen LogP contribution in [0.3, 0.4) is 0 Å². The van der Waals surface area contributed by atoms with E-state index in [1.54, 1.807) is 37.3 Å². The summed E-state index contributed by atoms with van der Waals surface area (Å²) in [6, 6.07) is 10.2. The molecule has 0 fully saturated rings. The number of carbonyl (C=O) groups is 1. The Balaban J connectivity index is 2.66. The van der Waals surface area contributed by atoms with Crippen LogP contribution < -0.4 is 4.31 Å². The number of sulfonamides is 1. The lowest BCUT2D eigenvalue weighted by Crippen LogP contribution is -2.34. The molecule has 2 rings (SSSR count). The van der Waals surface area contributed by atoms with Crippen LogP contribution in [0.4, 0.5) is 5.69 Å². The fraction of sp³-hybridized carbons (Fsp3) is 0.278. The Kier molecular flexibility index (Phi) is 5.67. The quantitative estimate of drug-likeness (QED) is 0.729. The summed E-state index contributed by atoms with van der Waals surface area (Å²) in [6.07, 6.45) is 1.16. The molecule has 0 aliphatic rings. The van der Waals surface area contributed by atoms with Gasteiger partial charge in [0.25, 0.3) is 10.0 Å². The molecule has 0 bridgehead atoms. The van der Waals surface area contributed by atoms with E-state index < -0.39 is 10.0 Å². The van der Waals surface area contributed by atoms with Gasteiger partial charge in [0, 0.05) is 5.02 Å². The fourth-order valence-electron chi connectivity index (χ4n) is 2.61. The third-order valence-electron chi connectivity index (χ3n) is 3.91. The smallest absolute Gasteiger partial charge is 0.264 e. The molecule has 0 radical (unpaired) electrons. The number of hydrogen-bond donors (Lipinski definition) is 0. The topological polar surface area (TPSA) is 54.5 Å². The fourth-order valence-corrected chi connectivity index (χ4v) is 4.51. The van der Waals surface area contributed by atoms with Gasteiger partial charge in [-0.2, -0.15) is 0 Å². The molecular weight excluding hydrogens is 346 g/mol. The number of nitrogens with zero attached hydrogens (tertiary/aromatic N) is 1. The van der Waals surface area contributed by atoms with Gasteiger partial charge in [0.15, 0.2) is 0 Å². The van der Waals surface area contributed by atoms with Crippen molar-refractivity contribution in [2.45, 2.75) is 32.1 Å². The maximum absolute atomic E-state index is 13.2. The molecule has 0 saturated heterocycles. The summed E-state index contributed by atoms with van der Waals surface area (Å²) >= 11 is 6.12. The van der Waals surface area contributed by atoms with Crippen LogP contribution in [0.15, 0.2) is 41.3 Å². The van der Waals surface area contributed by atoms with E-state index in [4.69, 9.17) is 11.6 Å². The molecule has 0 spiro atoms. The summed E-state index contributed by atoms with van der Waals surface area (Å²) in [4.78, 5) is 11.4. The number of benzene rings is 2. The third kappa shape index (κ3) is 3.47. The molecule has 0 aliphatic carbocycles. The van der Waals surface area contributed by atoms with Gasteiger partial charge >= 0.3 is 0 Å². The SMILES string of the molecule is CCc1cc(C)ccc1S(=O)(=O)N(CC=O)c1cccc(Cl)c1C. The molecule has 24 heavy (non-hydrogen) atoms. The second kappa shape index (κ2) is 7.36. The van der Waals surface area contributed by atoms with Crippen molar-refractivity contribution >= 4 is 33.6 Å². The van der Waals surface area contributed by atoms with Gasteiger partial charge in [0.1, 0.15) is 6.29 Å². The van der Waals surface area contributed by atoms with Crippen molar-refractivity contribution in [3.05, 3.63) is 58.1 Å². The molecule has 128 valence electrons. The molecule has 0 heterocycles. The molecule has 0 N–H and O–H groups in total. The van der Waals surface area contributed by atoms with Crippen LogP contribution in [0.25, 0.3) is 0 Å². The van der Waals surface area contributed by atoms with Gasteiger partial charge in [-0.25, -0.2) is 8.42 Å². The van der Waals surface area contributed by atoms with Crippen LogP contribution >= 0.6 is 11.6 Å². The number of hydrogen-bond acceptors (Lipinski definition) is 3. The van der Waals surface area contributed by atoms with Gasteiger partial charge in [-0.1, -0.05) is 42.3 Å². The second-order valence-electron chi connectivity index (χ2n) is 5.55. The Labute approximate surface area is 148 Å². The van der Waals surface area contributed by atoms with E-state index in [2.05, 4.69) is 0 Å². The van der Waals surface area contributed by atoms with E-state index in [0.717, 1.165) is 15.4 Å². The first-order chi connectivity index (χ1) is 11.3. The summed E-state index contributed by atoms with van der Waals surface area (Å²) in [7, 11) is -3.87. The number of halogens is 1. The highest BCUT2D eigenvalue weighted by Crippen LogP contribution is 2.31. The maximum atomic E-state index is 13.2. The van der Waals surface area contributed by atoms with E-state index >= 15 is 0 Å². The highest BCUT2D eigenvalue weighted by Gasteiger charge is 2.28. The van der Waals surface area contributed by atoms with Gasteiger partial charge in [-0.3, -0.25) is 4.31 Å². The minimum atomic E-state index is -3.87. The van der Waals surface area contributed by atoms with E-state index in [0.29, 0.717) is 29.0 Å². The van der Waals surface area contributed by atoms with E-state index in [1.807, 2.05) is 19.9 Å². The van der Waals surface area contributed by atoms with Crippen molar-refractivity contribution in [2.24, 2.45) is 0 Å². The zero-order valence-electron chi connectivity index (χ0n) is 13.9. The molecule has 0 aromatic heterocycles. The molecular formula is C18H20ClNO3S. The third-order valence-corrected chi connectivity index (χ3v) is 6.20.